The zero-order valence-corrected chi connectivity index (χ0v) is 12.9. The third-order valence-corrected chi connectivity index (χ3v) is 6.66. The molecule has 0 unspecified atom stereocenters. The topological polar surface area (TPSA) is 79.3 Å². The average molecular weight is 319 g/mol. The van der Waals surface area contributed by atoms with E-state index in [1.165, 1.54) is 6.33 Å². The van der Waals surface area contributed by atoms with Crippen molar-refractivity contribution in [2.24, 2.45) is 0 Å². The summed E-state index contributed by atoms with van der Waals surface area (Å²) in [5.41, 5.74) is 0.806. The highest BCUT2D eigenvalue weighted by Gasteiger charge is 2.41. The number of sulfonamides is 1. The molecule has 0 amide bonds. The molecule has 7 nitrogen and oxygen atoms in total. The van der Waals surface area contributed by atoms with E-state index in [1.54, 1.807) is 16.7 Å². The Morgan fingerprint density at radius 2 is 1.86 bits per heavy atom. The van der Waals surface area contributed by atoms with E-state index in [-0.39, 0.29) is 5.25 Å². The monoisotopic (exact) mass is 319 g/mol. The molecule has 3 heterocycles. The van der Waals surface area contributed by atoms with Gasteiger partial charge in [0, 0.05) is 37.8 Å². The van der Waals surface area contributed by atoms with Gasteiger partial charge in [0.1, 0.15) is 12.1 Å². The summed E-state index contributed by atoms with van der Waals surface area (Å²) in [7, 11) is -3.07. The van der Waals surface area contributed by atoms with Gasteiger partial charge in [-0.1, -0.05) is 0 Å². The van der Waals surface area contributed by atoms with Crippen molar-refractivity contribution < 1.29 is 8.42 Å². The SMILES string of the molecule is O=S(=O)(C1CC1)N1CCN(c2ncnc3cnccc23)CC1. The van der Waals surface area contributed by atoms with Crippen LogP contribution in [0.4, 0.5) is 5.82 Å². The van der Waals surface area contributed by atoms with Crippen molar-refractivity contribution in [2.45, 2.75) is 18.1 Å². The predicted molar refractivity (Wildman–Crippen MR) is 83.1 cm³/mol. The zero-order chi connectivity index (χ0) is 15.2. The van der Waals surface area contributed by atoms with Crippen LogP contribution < -0.4 is 4.90 Å². The van der Waals surface area contributed by atoms with Gasteiger partial charge < -0.3 is 4.90 Å². The molecular weight excluding hydrogens is 302 g/mol. The molecule has 0 atom stereocenters. The van der Waals surface area contributed by atoms with Gasteiger partial charge in [0.15, 0.2) is 0 Å². The summed E-state index contributed by atoms with van der Waals surface area (Å²) in [6.45, 7) is 2.35. The van der Waals surface area contributed by atoms with Crippen LogP contribution in [0.3, 0.4) is 0 Å². The van der Waals surface area contributed by atoms with Crippen molar-refractivity contribution in [2.75, 3.05) is 31.1 Å². The van der Waals surface area contributed by atoms with Crippen molar-refractivity contribution in [1.82, 2.24) is 19.3 Å². The number of rotatable bonds is 3. The Morgan fingerprint density at radius 1 is 1.09 bits per heavy atom. The maximum atomic E-state index is 12.3. The van der Waals surface area contributed by atoms with Gasteiger partial charge in [0.05, 0.1) is 17.0 Å². The summed E-state index contributed by atoms with van der Waals surface area (Å²) in [6, 6.07) is 1.90. The summed E-state index contributed by atoms with van der Waals surface area (Å²) in [5, 5.41) is 0.820. The first kappa shape index (κ1) is 13.8. The van der Waals surface area contributed by atoms with Gasteiger partial charge in [0.2, 0.25) is 10.0 Å². The van der Waals surface area contributed by atoms with E-state index in [0.717, 1.165) is 29.6 Å². The molecule has 1 saturated carbocycles. The van der Waals surface area contributed by atoms with Crippen LogP contribution in [0.1, 0.15) is 12.8 Å². The smallest absolute Gasteiger partial charge is 0.217 e. The van der Waals surface area contributed by atoms with E-state index in [0.29, 0.717) is 26.2 Å². The summed E-state index contributed by atoms with van der Waals surface area (Å²) < 4.78 is 26.2. The van der Waals surface area contributed by atoms with Gasteiger partial charge in [-0.05, 0) is 18.9 Å². The van der Waals surface area contributed by atoms with Crippen LogP contribution in [0.2, 0.25) is 0 Å². The van der Waals surface area contributed by atoms with Crippen molar-refractivity contribution in [3.63, 3.8) is 0 Å². The first-order valence-corrected chi connectivity index (χ1v) is 8.95. The Labute approximate surface area is 129 Å². The van der Waals surface area contributed by atoms with Crippen LogP contribution in [-0.4, -0.2) is 59.1 Å². The maximum absolute atomic E-state index is 12.3. The number of anilines is 1. The summed E-state index contributed by atoms with van der Waals surface area (Å²) in [5.74, 6) is 0.857. The van der Waals surface area contributed by atoms with Gasteiger partial charge in [-0.3, -0.25) is 4.98 Å². The van der Waals surface area contributed by atoms with Crippen LogP contribution >= 0.6 is 0 Å². The number of pyridine rings is 1. The van der Waals surface area contributed by atoms with E-state index >= 15 is 0 Å². The number of hydrogen-bond donors (Lipinski definition) is 0. The fraction of sp³-hybridized carbons (Fsp3) is 0.500. The third kappa shape index (κ3) is 2.32. The Hall–Kier alpha value is -1.80. The molecule has 0 aromatic carbocycles. The first-order chi connectivity index (χ1) is 10.7. The fourth-order valence-electron chi connectivity index (χ4n) is 2.88. The highest BCUT2D eigenvalue weighted by molar-refractivity contribution is 7.90. The van der Waals surface area contributed by atoms with Crippen molar-refractivity contribution in [1.29, 1.82) is 0 Å². The van der Waals surface area contributed by atoms with Gasteiger partial charge >= 0.3 is 0 Å². The van der Waals surface area contributed by atoms with E-state index in [1.807, 2.05) is 6.07 Å². The quantitative estimate of drug-likeness (QED) is 0.826. The number of hydrogen-bond acceptors (Lipinski definition) is 6. The number of aromatic nitrogens is 3. The number of piperazine rings is 1. The van der Waals surface area contributed by atoms with E-state index in [4.69, 9.17) is 0 Å². The number of fused-ring (bicyclic) bond motifs is 1. The minimum Gasteiger partial charge on any atom is -0.353 e. The molecule has 1 aliphatic heterocycles. The summed E-state index contributed by atoms with van der Waals surface area (Å²) in [4.78, 5) is 14.8. The van der Waals surface area contributed by atoms with Crippen molar-refractivity contribution in [3.8, 4) is 0 Å². The minimum atomic E-state index is -3.07. The molecule has 1 saturated heterocycles. The van der Waals surface area contributed by atoms with Crippen LogP contribution in [0.5, 0.6) is 0 Å². The lowest BCUT2D eigenvalue weighted by Crippen LogP contribution is -2.49. The molecule has 0 bridgehead atoms. The molecule has 8 heteroatoms. The van der Waals surface area contributed by atoms with Gasteiger partial charge in [-0.25, -0.2) is 18.4 Å². The van der Waals surface area contributed by atoms with Crippen molar-refractivity contribution in [3.05, 3.63) is 24.8 Å². The van der Waals surface area contributed by atoms with E-state index in [9.17, 15) is 8.42 Å². The predicted octanol–water partition coefficient (Wildman–Crippen LogP) is 0.639. The molecule has 0 spiro atoms. The molecule has 2 aromatic rings. The number of nitrogens with zero attached hydrogens (tertiary/aromatic N) is 5. The molecular formula is C14H17N5O2S. The average Bonchev–Trinajstić information content (AvgIpc) is 3.40. The molecule has 2 aliphatic rings. The summed E-state index contributed by atoms with van der Waals surface area (Å²) >= 11 is 0. The van der Waals surface area contributed by atoms with Crippen LogP contribution in [0, 0.1) is 0 Å². The lowest BCUT2D eigenvalue weighted by Gasteiger charge is -2.35. The molecule has 2 aromatic heterocycles. The highest BCUT2D eigenvalue weighted by Crippen LogP contribution is 2.32. The van der Waals surface area contributed by atoms with Crippen LogP contribution in [0.25, 0.3) is 10.9 Å². The Morgan fingerprint density at radius 3 is 2.59 bits per heavy atom. The molecule has 22 heavy (non-hydrogen) atoms. The lowest BCUT2D eigenvalue weighted by molar-refractivity contribution is 0.383. The van der Waals surface area contributed by atoms with E-state index < -0.39 is 10.0 Å². The fourth-order valence-corrected chi connectivity index (χ4v) is 4.70. The first-order valence-electron chi connectivity index (χ1n) is 7.45. The van der Waals surface area contributed by atoms with Crippen LogP contribution in [-0.2, 0) is 10.0 Å². The van der Waals surface area contributed by atoms with Gasteiger partial charge in [-0.2, -0.15) is 4.31 Å². The van der Waals surface area contributed by atoms with Gasteiger partial charge in [-0.15, -0.1) is 0 Å². The summed E-state index contributed by atoms with van der Waals surface area (Å²) in [6.07, 6.45) is 6.60. The molecule has 1 aliphatic carbocycles. The molecule has 0 radical (unpaired) electrons. The van der Waals surface area contributed by atoms with Crippen molar-refractivity contribution >= 4 is 26.7 Å². The molecule has 4 rings (SSSR count). The Kier molecular flexibility index (Phi) is 3.23. The Bertz CT molecular complexity index is 792. The normalized spacial score (nSPS) is 20.5. The zero-order valence-electron chi connectivity index (χ0n) is 12.1. The minimum absolute atomic E-state index is 0.134. The highest BCUT2D eigenvalue weighted by atomic mass is 32.2. The van der Waals surface area contributed by atoms with Crippen LogP contribution in [0.15, 0.2) is 24.8 Å². The standard InChI is InChI=1S/C14H17N5O2S/c20-22(21,11-1-2-11)19-7-5-18(6-8-19)14-12-3-4-15-9-13(12)16-10-17-14/h3-4,9-11H,1-2,5-8H2. The molecule has 0 N–H and O–H groups in total. The second kappa shape index (κ2) is 5.13. The Balaban J connectivity index is 1.56. The largest absolute Gasteiger partial charge is 0.353 e. The third-order valence-electron chi connectivity index (χ3n) is 4.26. The molecule has 2 fully saturated rings. The second-order valence-electron chi connectivity index (χ2n) is 5.72. The van der Waals surface area contributed by atoms with E-state index in [2.05, 4.69) is 19.9 Å². The van der Waals surface area contributed by atoms with Gasteiger partial charge in [0.25, 0.3) is 0 Å². The maximum Gasteiger partial charge on any atom is 0.217 e. The lowest BCUT2D eigenvalue weighted by atomic mass is 10.2. The second-order valence-corrected chi connectivity index (χ2v) is 7.93. The molecule has 116 valence electrons.